The second-order valence-electron chi connectivity index (χ2n) is 5.59. The van der Waals surface area contributed by atoms with E-state index in [-0.39, 0.29) is 11.8 Å². The zero-order valence-electron chi connectivity index (χ0n) is 12.1. The maximum atomic E-state index is 12.6. The van der Waals surface area contributed by atoms with Crippen molar-refractivity contribution in [1.29, 1.82) is 0 Å². The van der Waals surface area contributed by atoms with Gasteiger partial charge in [0.2, 0.25) is 5.91 Å². The molecule has 3 heteroatoms. The topological polar surface area (TPSA) is 46.3 Å². The number of carbonyl (C=O) groups is 1. The summed E-state index contributed by atoms with van der Waals surface area (Å²) in [6, 6.07) is 5.86. The number of hydrogen-bond donors (Lipinski definition) is 1. The van der Waals surface area contributed by atoms with Crippen molar-refractivity contribution in [3.05, 3.63) is 29.3 Å². The van der Waals surface area contributed by atoms with Crippen LogP contribution in [0.2, 0.25) is 0 Å². The first-order valence-corrected chi connectivity index (χ1v) is 7.21. The maximum Gasteiger partial charge on any atom is 0.244 e. The van der Waals surface area contributed by atoms with Crippen LogP contribution in [0.1, 0.15) is 37.8 Å². The van der Waals surface area contributed by atoms with Gasteiger partial charge in [0.15, 0.2) is 0 Å². The zero-order chi connectivity index (χ0) is 14.0. The number of benzene rings is 1. The van der Waals surface area contributed by atoms with Crippen molar-refractivity contribution in [2.24, 2.45) is 11.7 Å². The van der Waals surface area contributed by atoms with Crippen LogP contribution < -0.4 is 10.6 Å². The molecule has 1 aliphatic rings. The number of para-hydroxylation sites is 1. The van der Waals surface area contributed by atoms with E-state index in [1.165, 1.54) is 11.1 Å². The molecular weight excluding hydrogens is 236 g/mol. The molecule has 2 N–H and O–H groups in total. The van der Waals surface area contributed by atoms with Gasteiger partial charge in [0, 0.05) is 12.2 Å². The molecule has 0 fully saturated rings. The number of amides is 1. The molecule has 0 saturated heterocycles. The number of nitrogens with zero attached hydrogens (tertiary/aromatic N) is 1. The van der Waals surface area contributed by atoms with Gasteiger partial charge in [0.25, 0.3) is 0 Å². The number of anilines is 1. The Bertz CT molecular complexity index is 470. The molecule has 1 aliphatic heterocycles. The first-order valence-electron chi connectivity index (χ1n) is 7.21. The molecule has 1 aromatic carbocycles. The highest BCUT2D eigenvalue weighted by Crippen LogP contribution is 2.31. The lowest BCUT2D eigenvalue weighted by molar-refractivity contribution is -0.120. The van der Waals surface area contributed by atoms with Gasteiger partial charge in [-0.15, -0.1) is 0 Å². The molecule has 1 aromatic rings. The van der Waals surface area contributed by atoms with Gasteiger partial charge in [-0.3, -0.25) is 4.79 Å². The average molecular weight is 260 g/mol. The van der Waals surface area contributed by atoms with Crippen LogP contribution in [-0.4, -0.2) is 18.5 Å². The molecule has 1 heterocycles. The van der Waals surface area contributed by atoms with Crippen molar-refractivity contribution in [3.63, 3.8) is 0 Å². The highest BCUT2D eigenvalue weighted by atomic mass is 16.2. The monoisotopic (exact) mass is 260 g/mol. The molecule has 19 heavy (non-hydrogen) atoms. The molecule has 0 bridgehead atoms. The lowest BCUT2D eigenvalue weighted by Crippen LogP contribution is -2.49. The lowest BCUT2D eigenvalue weighted by Gasteiger charge is -2.34. The fourth-order valence-electron chi connectivity index (χ4n) is 2.74. The molecule has 0 spiro atoms. The Hall–Kier alpha value is -1.35. The summed E-state index contributed by atoms with van der Waals surface area (Å²) in [7, 11) is 0. The van der Waals surface area contributed by atoms with Gasteiger partial charge >= 0.3 is 0 Å². The average Bonchev–Trinajstić information content (AvgIpc) is 2.44. The highest BCUT2D eigenvalue weighted by Gasteiger charge is 2.29. The first-order chi connectivity index (χ1) is 9.06. The predicted octanol–water partition coefficient (Wildman–Crippen LogP) is 2.65. The molecule has 0 radical (unpaired) electrons. The Morgan fingerprint density at radius 3 is 2.89 bits per heavy atom. The van der Waals surface area contributed by atoms with E-state index < -0.39 is 6.04 Å². The lowest BCUT2D eigenvalue weighted by atomic mass is 9.94. The van der Waals surface area contributed by atoms with Crippen molar-refractivity contribution in [1.82, 2.24) is 0 Å². The van der Waals surface area contributed by atoms with Crippen LogP contribution in [0.4, 0.5) is 5.69 Å². The van der Waals surface area contributed by atoms with Crippen LogP contribution in [0.15, 0.2) is 18.2 Å². The van der Waals surface area contributed by atoms with E-state index in [9.17, 15) is 4.79 Å². The van der Waals surface area contributed by atoms with Crippen molar-refractivity contribution >= 4 is 11.6 Å². The van der Waals surface area contributed by atoms with Crippen molar-refractivity contribution in [3.8, 4) is 0 Å². The Labute approximate surface area is 115 Å². The summed E-state index contributed by atoms with van der Waals surface area (Å²) in [5.74, 6) is 0.298. The third-order valence-electron chi connectivity index (χ3n) is 4.23. The van der Waals surface area contributed by atoms with Crippen LogP contribution in [0, 0.1) is 12.8 Å². The summed E-state index contributed by atoms with van der Waals surface area (Å²) in [5, 5.41) is 0. The number of carbonyl (C=O) groups excluding carboxylic acids is 1. The number of fused-ring (bicyclic) bond motifs is 1. The summed E-state index contributed by atoms with van der Waals surface area (Å²) in [5.41, 5.74) is 9.66. The van der Waals surface area contributed by atoms with E-state index in [1.54, 1.807) is 0 Å². The third kappa shape index (κ3) is 2.66. The summed E-state index contributed by atoms with van der Waals surface area (Å²) in [6.07, 6.45) is 3.01. The largest absolute Gasteiger partial charge is 0.320 e. The Morgan fingerprint density at radius 1 is 1.47 bits per heavy atom. The number of rotatable bonds is 3. The van der Waals surface area contributed by atoms with E-state index in [4.69, 9.17) is 5.73 Å². The molecule has 0 unspecified atom stereocenters. The molecule has 0 aromatic heterocycles. The summed E-state index contributed by atoms with van der Waals surface area (Å²) < 4.78 is 0. The van der Waals surface area contributed by atoms with Gasteiger partial charge in [-0.2, -0.15) is 0 Å². The minimum Gasteiger partial charge on any atom is -0.320 e. The van der Waals surface area contributed by atoms with Crippen LogP contribution in [0.25, 0.3) is 0 Å². The van der Waals surface area contributed by atoms with Crippen LogP contribution >= 0.6 is 0 Å². The van der Waals surface area contributed by atoms with E-state index in [1.807, 2.05) is 11.8 Å². The minimum atomic E-state index is -0.393. The van der Waals surface area contributed by atoms with Crippen molar-refractivity contribution in [2.45, 2.75) is 46.1 Å². The molecule has 3 nitrogen and oxygen atoms in total. The standard InChI is InChI=1S/C16H24N2O/c1-4-11(2)14(17)16(19)18-10-6-9-13-8-5-7-12(3)15(13)18/h5,7-8,11,14H,4,6,9-10,17H2,1-3H3/t11-,14-/m0/s1. The zero-order valence-corrected chi connectivity index (χ0v) is 12.1. The SMILES string of the molecule is CC[C@H](C)[C@H](N)C(=O)N1CCCc2cccc(C)c21. The van der Waals surface area contributed by atoms with Crippen molar-refractivity contribution < 1.29 is 4.79 Å². The van der Waals surface area contributed by atoms with Crippen molar-refractivity contribution in [2.75, 3.05) is 11.4 Å². The molecule has 0 saturated carbocycles. The second-order valence-corrected chi connectivity index (χ2v) is 5.59. The number of hydrogen-bond acceptors (Lipinski definition) is 2. The van der Waals surface area contributed by atoms with E-state index in [0.29, 0.717) is 0 Å². The van der Waals surface area contributed by atoms with Crippen LogP contribution in [-0.2, 0) is 11.2 Å². The fraction of sp³-hybridized carbons (Fsp3) is 0.562. The number of aryl methyl sites for hydroxylation is 2. The molecule has 2 rings (SSSR count). The maximum absolute atomic E-state index is 12.6. The van der Waals surface area contributed by atoms with E-state index in [2.05, 4.69) is 32.0 Å². The molecule has 104 valence electrons. The second kappa shape index (κ2) is 5.74. The van der Waals surface area contributed by atoms with Gasteiger partial charge in [-0.1, -0.05) is 38.5 Å². The van der Waals surface area contributed by atoms with Gasteiger partial charge in [-0.25, -0.2) is 0 Å². The highest BCUT2D eigenvalue weighted by molar-refractivity contribution is 5.99. The van der Waals surface area contributed by atoms with Gasteiger partial charge in [-0.05, 0) is 36.8 Å². The van der Waals surface area contributed by atoms with E-state index >= 15 is 0 Å². The summed E-state index contributed by atoms with van der Waals surface area (Å²) in [6.45, 7) is 6.98. The Kier molecular flexibility index (Phi) is 4.25. The predicted molar refractivity (Wildman–Crippen MR) is 79.3 cm³/mol. The van der Waals surface area contributed by atoms with Gasteiger partial charge < -0.3 is 10.6 Å². The molecule has 2 atom stereocenters. The third-order valence-corrected chi connectivity index (χ3v) is 4.23. The van der Waals surface area contributed by atoms with Crippen LogP contribution in [0.3, 0.4) is 0 Å². The summed E-state index contributed by atoms with van der Waals surface area (Å²) in [4.78, 5) is 14.5. The smallest absolute Gasteiger partial charge is 0.244 e. The number of nitrogens with two attached hydrogens (primary N) is 1. The molecule has 1 amide bonds. The summed E-state index contributed by atoms with van der Waals surface area (Å²) >= 11 is 0. The minimum absolute atomic E-state index is 0.0737. The first kappa shape index (κ1) is 14.1. The normalized spacial score (nSPS) is 17.8. The molecular formula is C16H24N2O. The Morgan fingerprint density at radius 2 is 2.21 bits per heavy atom. The Balaban J connectivity index is 2.31. The van der Waals surface area contributed by atoms with Gasteiger partial charge in [0.05, 0.1) is 6.04 Å². The molecule has 0 aliphatic carbocycles. The quantitative estimate of drug-likeness (QED) is 0.908. The van der Waals surface area contributed by atoms with Gasteiger partial charge in [0.1, 0.15) is 0 Å². The van der Waals surface area contributed by atoms with E-state index in [0.717, 1.165) is 31.5 Å². The fourth-order valence-corrected chi connectivity index (χ4v) is 2.74. The van der Waals surface area contributed by atoms with Crippen LogP contribution in [0.5, 0.6) is 0 Å².